The van der Waals surface area contributed by atoms with E-state index < -0.39 is 7.14 Å². The minimum Gasteiger partial charge on any atom is -0.309 e. The average Bonchev–Trinajstić information content (AvgIpc) is 3.51. The summed E-state index contributed by atoms with van der Waals surface area (Å²) in [6, 6.07) is 51.2. The molecule has 212 valence electrons. The van der Waals surface area contributed by atoms with Crippen LogP contribution in [0.25, 0.3) is 60.4 Å². The summed E-state index contributed by atoms with van der Waals surface area (Å²) in [7, 11) is -3.09. The zero-order valence-electron chi connectivity index (χ0n) is 24.2. The maximum absolute atomic E-state index is 15.0. The van der Waals surface area contributed by atoms with E-state index in [9.17, 15) is 0 Å². The summed E-state index contributed by atoms with van der Waals surface area (Å²) in [4.78, 5) is 9.99. The van der Waals surface area contributed by atoms with Crippen molar-refractivity contribution < 1.29 is 4.57 Å². The summed E-state index contributed by atoms with van der Waals surface area (Å²) in [5.74, 6) is 0. The molecule has 0 radical (unpaired) electrons. The first-order valence-corrected chi connectivity index (χ1v) is 16.7. The highest BCUT2D eigenvalue weighted by Gasteiger charge is 2.29. The first kappa shape index (κ1) is 25.9. The molecule has 0 saturated heterocycles. The number of imidazole rings is 1. The highest BCUT2D eigenvalue weighted by Crippen LogP contribution is 2.43. The van der Waals surface area contributed by atoms with Gasteiger partial charge in [0.05, 0.1) is 22.2 Å². The van der Waals surface area contributed by atoms with Gasteiger partial charge in [-0.15, -0.1) is 0 Å². The van der Waals surface area contributed by atoms with E-state index in [0.29, 0.717) is 0 Å². The summed E-state index contributed by atoms with van der Waals surface area (Å²) >= 11 is 0. The van der Waals surface area contributed by atoms with Crippen LogP contribution in [-0.2, 0) is 4.57 Å². The molecule has 0 fully saturated rings. The summed E-state index contributed by atoms with van der Waals surface area (Å²) in [6.45, 7) is 0. The van der Waals surface area contributed by atoms with Gasteiger partial charge < -0.3 is 4.57 Å². The average molecular weight is 596 g/mol. The molecular weight excluding hydrogens is 569 g/mol. The first-order valence-electron chi connectivity index (χ1n) is 15.0. The molecule has 0 spiro atoms. The second kappa shape index (κ2) is 9.99. The second-order valence-electron chi connectivity index (χ2n) is 11.4. The Morgan fingerprint density at radius 1 is 0.511 bits per heavy atom. The largest absolute Gasteiger partial charge is 0.309 e. The van der Waals surface area contributed by atoms with E-state index in [-0.39, 0.29) is 0 Å². The normalized spacial score (nSPS) is 12.1. The van der Waals surface area contributed by atoms with E-state index in [1.807, 2.05) is 79.0 Å². The van der Waals surface area contributed by atoms with Crippen LogP contribution in [0.1, 0.15) is 0 Å². The summed E-state index contributed by atoms with van der Waals surface area (Å²) in [6.07, 6.45) is 1.96. The Hall–Kier alpha value is -5.57. The van der Waals surface area contributed by atoms with Crippen molar-refractivity contribution in [2.24, 2.45) is 0 Å². The molecule has 45 heavy (non-hydrogen) atoms. The lowest BCUT2D eigenvalue weighted by Crippen LogP contribution is -2.24. The molecule has 0 aliphatic carbocycles. The van der Waals surface area contributed by atoms with Gasteiger partial charge in [-0.05, 0) is 52.6 Å². The highest BCUT2D eigenvalue weighted by molar-refractivity contribution is 7.85. The number of para-hydroxylation sites is 3. The first-order chi connectivity index (χ1) is 22.2. The van der Waals surface area contributed by atoms with Crippen molar-refractivity contribution in [3.8, 4) is 11.3 Å². The van der Waals surface area contributed by atoms with Crippen LogP contribution >= 0.6 is 7.14 Å². The van der Waals surface area contributed by atoms with Gasteiger partial charge in [0.15, 0.2) is 7.14 Å². The van der Waals surface area contributed by atoms with Gasteiger partial charge in [-0.3, -0.25) is 9.38 Å². The smallest absolute Gasteiger partial charge is 0.171 e. The zero-order valence-corrected chi connectivity index (χ0v) is 25.1. The van der Waals surface area contributed by atoms with Crippen molar-refractivity contribution in [1.29, 1.82) is 0 Å². The second-order valence-corrected chi connectivity index (χ2v) is 14.2. The van der Waals surface area contributed by atoms with Crippen LogP contribution in [0.15, 0.2) is 158 Å². The lowest BCUT2D eigenvalue weighted by molar-refractivity contribution is 0.592. The number of aromatic nitrogens is 3. The van der Waals surface area contributed by atoms with Crippen LogP contribution in [0, 0.1) is 0 Å². The predicted molar refractivity (Wildman–Crippen MR) is 188 cm³/mol. The van der Waals surface area contributed by atoms with Crippen LogP contribution in [-0.4, -0.2) is 14.4 Å². The molecule has 0 aliphatic heterocycles. The Labute approximate surface area is 259 Å². The molecule has 0 saturated carbocycles. The molecule has 4 nitrogen and oxygen atoms in total. The third-order valence-corrected chi connectivity index (χ3v) is 11.9. The molecule has 5 heteroatoms. The molecule has 0 unspecified atom stereocenters. The fraction of sp³-hybridized carbons (Fsp3) is 0. The number of rotatable bonds is 4. The summed E-state index contributed by atoms with van der Waals surface area (Å²) in [5, 5.41) is 7.87. The SMILES string of the molecule is O=P(c1ccccc1)(c1ccccc1)c1ccc2ccc(-c3cc4c5ccccc5n5c6ccccc6nc5c4cn3)cc2c1. The topological polar surface area (TPSA) is 47.3 Å². The van der Waals surface area contributed by atoms with Crippen LogP contribution in [0.4, 0.5) is 0 Å². The van der Waals surface area contributed by atoms with E-state index in [1.165, 1.54) is 0 Å². The number of hydrogen-bond donors (Lipinski definition) is 0. The molecular formula is C40H26N3OP. The third-order valence-electron chi connectivity index (χ3n) is 8.86. The summed E-state index contributed by atoms with van der Waals surface area (Å²) in [5.41, 5.74) is 5.97. The molecule has 3 heterocycles. The Bertz CT molecular complexity index is 2580. The van der Waals surface area contributed by atoms with Gasteiger partial charge in [0.25, 0.3) is 0 Å². The van der Waals surface area contributed by atoms with Crippen LogP contribution in [0.2, 0.25) is 0 Å². The Morgan fingerprint density at radius 3 is 1.96 bits per heavy atom. The number of hydrogen-bond acceptors (Lipinski definition) is 3. The maximum atomic E-state index is 15.0. The Kier molecular flexibility index (Phi) is 5.74. The van der Waals surface area contributed by atoms with Gasteiger partial charge >= 0.3 is 0 Å². The highest BCUT2D eigenvalue weighted by atomic mass is 31.2. The van der Waals surface area contributed by atoms with E-state index in [2.05, 4.69) is 83.3 Å². The van der Waals surface area contributed by atoms with E-state index >= 15 is 4.57 Å². The molecule has 6 aromatic carbocycles. The molecule has 0 bridgehead atoms. The zero-order chi connectivity index (χ0) is 30.0. The van der Waals surface area contributed by atoms with Gasteiger partial charge in [-0.1, -0.05) is 115 Å². The van der Waals surface area contributed by atoms with Crippen molar-refractivity contribution >= 4 is 72.2 Å². The monoisotopic (exact) mass is 595 g/mol. The minimum absolute atomic E-state index is 0.816. The van der Waals surface area contributed by atoms with Crippen molar-refractivity contribution in [2.45, 2.75) is 0 Å². The minimum atomic E-state index is -3.09. The van der Waals surface area contributed by atoms with Gasteiger partial charge in [-0.2, -0.15) is 0 Å². The van der Waals surface area contributed by atoms with E-state index in [4.69, 9.17) is 9.97 Å². The van der Waals surface area contributed by atoms with E-state index in [0.717, 1.165) is 76.3 Å². The van der Waals surface area contributed by atoms with Crippen molar-refractivity contribution in [1.82, 2.24) is 14.4 Å². The summed E-state index contributed by atoms with van der Waals surface area (Å²) < 4.78 is 17.3. The third kappa shape index (κ3) is 3.96. The predicted octanol–water partition coefficient (Wildman–Crippen LogP) is 8.65. The lowest BCUT2D eigenvalue weighted by Gasteiger charge is -2.20. The van der Waals surface area contributed by atoms with E-state index in [1.54, 1.807) is 0 Å². The fourth-order valence-electron chi connectivity index (χ4n) is 6.67. The quantitative estimate of drug-likeness (QED) is 0.151. The standard InChI is InChI=1S/C40H26N3OP/c44-45(30-11-3-1-4-12-30,31-13-5-2-6-14-31)32-22-21-27-19-20-28(23-29(27)24-32)37-25-34-33-15-7-9-17-38(33)43-39-18-10-8-16-36(39)42-40(43)35(34)26-41-37/h1-26H. The lowest BCUT2D eigenvalue weighted by atomic mass is 10.0. The fourth-order valence-corrected chi connectivity index (χ4v) is 9.36. The number of benzene rings is 6. The van der Waals surface area contributed by atoms with Gasteiger partial charge in [0, 0.05) is 38.4 Å². The Balaban J connectivity index is 1.24. The number of fused-ring (bicyclic) bond motifs is 9. The van der Waals surface area contributed by atoms with Crippen LogP contribution < -0.4 is 15.9 Å². The van der Waals surface area contributed by atoms with Gasteiger partial charge in [0.1, 0.15) is 5.65 Å². The van der Waals surface area contributed by atoms with Gasteiger partial charge in [-0.25, -0.2) is 4.98 Å². The van der Waals surface area contributed by atoms with Crippen LogP contribution in [0.5, 0.6) is 0 Å². The molecule has 3 aromatic heterocycles. The van der Waals surface area contributed by atoms with Crippen molar-refractivity contribution in [3.63, 3.8) is 0 Å². The molecule has 0 N–H and O–H groups in total. The Morgan fingerprint density at radius 2 is 1.18 bits per heavy atom. The molecule has 9 aromatic rings. The van der Waals surface area contributed by atoms with Gasteiger partial charge in [0.2, 0.25) is 0 Å². The molecule has 0 atom stereocenters. The molecule has 9 rings (SSSR count). The maximum Gasteiger partial charge on any atom is 0.171 e. The number of nitrogens with zero attached hydrogens (tertiary/aromatic N) is 3. The van der Waals surface area contributed by atoms with Crippen LogP contribution in [0.3, 0.4) is 0 Å². The van der Waals surface area contributed by atoms with Crippen molar-refractivity contribution in [2.75, 3.05) is 0 Å². The molecule has 0 aliphatic rings. The molecule has 0 amide bonds. The number of pyridine rings is 2. The van der Waals surface area contributed by atoms with Crippen molar-refractivity contribution in [3.05, 3.63) is 158 Å².